The molecule has 5 rings (SSSR count). The monoisotopic (exact) mass is 466 g/mol. The van der Waals surface area contributed by atoms with E-state index in [9.17, 15) is 9.59 Å². The van der Waals surface area contributed by atoms with Crippen LogP contribution < -0.4 is 0 Å². The van der Waals surface area contributed by atoms with E-state index < -0.39 is 12.2 Å². The third-order valence-corrected chi connectivity index (χ3v) is 7.91. The van der Waals surface area contributed by atoms with Crippen molar-refractivity contribution in [2.24, 2.45) is 23.7 Å². The van der Waals surface area contributed by atoms with Crippen LogP contribution in [0.15, 0.2) is 109 Å². The molecule has 4 nitrogen and oxygen atoms in total. The molecule has 6 atom stereocenters. The number of carbonyl (C=O) groups is 2. The summed E-state index contributed by atoms with van der Waals surface area (Å²) < 4.78 is 12.2. The molecule has 2 aromatic carbocycles. The molecular formula is C31H30O4. The van der Waals surface area contributed by atoms with Gasteiger partial charge in [-0.1, -0.05) is 73.4 Å². The first kappa shape index (κ1) is 23.1. The molecule has 0 amide bonds. The van der Waals surface area contributed by atoms with Crippen LogP contribution in [0.4, 0.5) is 0 Å². The first-order chi connectivity index (χ1) is 17.0. The van der Waals surface area contributed by atoms with Crippen LogP contribution in [-0.2, 0) is 9.47 Å². The molecule has 0 aliphatic heterocycles. The van der Waals surface area contributed by atoms with Crippen molar-refractivity contribution >= 4 is 11.9 Å². The fourth-order valence-electron chi connectivity index (χ4n) is 6.29. The SMILES string of the molecule is C=CC(=C)/C=C\C1=C(C)C2C(C1)C1CC2C(OC(=O)c2ccccc2)C1OC(=O)c1ccccc1. The van der Waals surface area contributed by atoms with Gasteiger partial charge in [0.1, 0.15) is 12.2 Å². The van der Waals surface area contributed by atoms with E-state index in [1.165, 1.54) is 11.1 Å². The molecule has 3 aliphatic rings. The lowest BCUT2D eigenvalue weighted by molar-refractivity contribution is -0.0745. The molecular weight excluding hydrogens is 436 g/mol. The number of hydrogen-bond donors (Lipinski definition) is 0. The van der Waals surface area contributed by atoms with E-state index >= 15 is 0 Å². The Balaban J connectivity index is 1.42. The van der Waals surface area contributed by atoms with Crippen molar-refractivity contribution < 1.29 is 19.1 Å². The molecule has 0 radical (unpaired) electrons. The minimum absolute atomic E-state index is 0.125. The lowest BCUT2D eigenvalue weighted by atomic mass is 9.76. The molecule has 0 aromatic heterocycles. The first-order valence-electron chi connectivity index (χ1n) is 12.2. The standard InChI is InChI=1S/C31H30O4/c1-4-19(2)15-16-23-17-24-25-18-26(27(24)20(23)3)29(35-31(33)22-13-9-6-10-14-22)28(25)34-30(32)21-11-7-5-8-12-21/h4-16,24-29H,1-2,17-18H2,3H3/b16-15-. The van der Waals surface area contributed by atoms with Gasteiger partial charge >= 0.3 is 11.9 Å². The lowest BCUT2D eigenvalue weighted by Gasteiger charge is -2.37. The van der Waals surface area contributed by atoms with Gasteiger partial charge < -0.3 is 9.47 Å². The Labute approximate surface area is 206 Å². The molecule has 178 valence electrons. The predicted octanol–water partition coefficient (Wildman–Crippen LogP) is 6.34. The van der Waals surface area contributed by atoms with Crippen LogP contribution in [0.3, 0.4) is 0 Å². The number of hydrogen-bond acceptors (Lipinski definition) is 4. The van der Waals surface area contributed by atoms with Gasteiger partial charge in [-0.15, -0.1) is 0 Å². The van der Waals surface area contributed by atoms with E-state index in [-0.39, 0.29) is 23.8 Å². The minimum atomic E-state index is -0.469. The van der Waals surface area contributed by atoms with E-state index in [0.29, 0.717) is 23.0 Å². The van der Waals surface area contributed by atoms with E-state index in [1.807, 2.05) is 42.5 Å². The van der Waals surface area contributed by atoms with Crippen molar-refractivity contribution in [2.75, 3.05) is 0 Å². The maximum atomic E-state index is 13.0. The topological polar surface area (TPSA) is 52.6 Å². The zero-order valence-corrected chi connectivity index (χ0v) is 19.9. The molecule has 0 saturated heterocycles. The molecule has 2 aromatic rings. The van der Waals surface area contributed by atoms with Gasteiger partial charge in [0.05, 0.1) is 11.1 Å². The second-order valence-corrected chi connectivity index (χ2v) is 9.75. The molecule has 0 heterocycles. The minimum Gasteiger partial charge on any atom is -0.455 e. The van der Waals surface area contributed by atoms with Gasteiger partial charge in [-0.2, -0.15) is 0 Å². The fraction of sp³-hybridized carbons (Fsp3) is 0.290. The fourth-order valence-corrected chi connectivity index (χ4v) is 6.29. The number of rotatable bonds is 7. The third-order valence-electron chi connectivity index (χ3n) is 7.91. The summed E-state index contributed by atoms with van der Waals surface area (Å²) in [5.41, 5.74) is 4.51. The van der Waals surface area contributed by atoms with Crippen molar-refractivity contribution in [3.8, 4) is 0 Å². The maximum absolute atomic E-state index is 13.0. The van der Waals surface area contributed by atoms with Crippen molar-refractivity contribution in [1.29, 1.82) is 0 Å². The Morgan fingerprint density at radius 2 is 1.40 bits per heavy atom. The highest BCUT2D eigenvalue weighted by Gasteiger charge is 2.63. The summed E-state index contributed by atoms with van der Waals surface area (Å²) in [7, 11) is 0. The molecule has 2 fully saturated rings. The Hall–Kier alpha value is -3.66. The predicted molar refractivity (Wildman–Crippen MR) is 136 cm³/mol. The van der Waals surface area contributed by atoms with Gasteiger partial charge in [0.15, 0.2) is 0 Å². The summed E-state index contributed by atoms with van der Waals surface area (Å²) in [6, 6.07) is 18.0. The Kier molecular flexibility index (Phi) is 6.29. The van der Waals surface area contributed by atoms with Gasteiger partial charge in [0, 0.05) is 11.8 Å². The number of carbonyl (C=O) groups excluding carboxylic acids is 2. The molecule has 0 N–H and O–H groups in total. The summed E-state index contributed by atoms with van der Waals surface area (Å²) in [6.07, 6.45) is 6.76. The number of ether oxygens (including phenoxy) is 2. The lowest BCUT2D eigenvalue weighted by Crippen LogP contribution is -2.46. The normalized spacial score (nSPS) is 28.7. The average molecular weight is 467 g/mol. The van der Waals surface area contributed by atoms with Crippen LogP contribution in [0.1, 0.15) is 40.5 Å². The van der Waals surface area contributed by atoms with E-state index in [4.69, 9.17) is 9.47 Å². The molecule has 3 aliphatic carbocycles. The highest BCUT2D eigenvalue weighted by molar-refractivity contribution is 5.90. The smallest absolute Gasteiger partial charge is 0.338 e. The van der Waals surface area contributed by atoms with Crippen LogP contribution in [-0.4, -0.2) is 24.1 Å². The Bertz CT molecular complexity index is 1210. The van der Waals surface area contributed by atoms with Gasteiger partial charge in [0.2, 0.25) is 0 Å². The third kappa shape index (κ3) is 4.29. The van der Waals surface area contributed by atoms with Crippen molar-refractivity contribution in [3.05, 3.63) is 120 Å². The highest BCUT2D eigenvalue weighted by Crippen LogP contribution is 2.62. The Morgan fingerprint density at radius 1 is 0.857 bits per heavy atom. The van der Waals surface area contributed by atoms with Crippen molar-refractivity contribution in [3.63, 3.8) is 0 Å². The van der Waals surface area contributed by atoms with E-state index in [2.05, 4.69) is 26.2 Å². The zero-order valence-electron chi connectivity index (χ0n) is 19.9. The van der Waals surface area contributed by atoms with Gasteiger partial charge in [-0.25, -0.2) is 9.59 Å². The summed E-state index contributed by atoms with van der Waals surface area (Å²) in [5, 5.41) is 0. The summed E-state index contributed by atoms with van der Waals surface area (Å²) in [6.45, 7) is 9.94. The van der Waals surface area contributed by atoms with Crippen LogP contribution in [0.5, 0.6) is 0 Å². The maximum Gasteiger partial charge on any atom is 0.338 e. The van der Waals surface area contributed by atoms with Crippen molar-refractivity contribution in [2.45, 2.75) is 32.0 Å². The quantitative estimate of drug-likeness (QED) is 0.353. The molecule has 2 saturated carbocycles. The Morgan fingerprint density at radius 3 is 1.94 bits per heavy atom. The van der Waals surface area contributed by atoms with Crippen molar-refractivity contribution in [1.82, 2.24) is 0 Å². The molecule has 2 bridgehead atoms. The number of benzene rings is 2. The molecule has 0 spiro atoms. The van der Waals surface area contributed by atoms with E-state index in [1.54, 1.807) is 30.3 Å². The van der Waals surface area contributed by atoms with Crippen LogP contribution >= 0.6 is 0 Å². The van der Waals surface area contributed by atoms with Crippen LogP contribution in [0.2, 0.25) is 0 Å². The molecule has 4 heteroatoms. The van der Waals surface area contributed by atoms with Gasteiger partial charge in [0.25, 0.3) is 0 Å². The average Bonchev–Trinajstić information content (AvgIpc) is 3.53. The van der Waals surface area contributed by atoms with Crippen LogP contribution in [0.25, 0.3) is 0 Å². The summed E-state index contributed by atoms with van der Waals surface area (Å²) >= 11 is 0. The number of allylic oxidation sites excluding steroid dienone is 6. The highest BCUT2D eigenvalue weighted by atomic mass is 16.6. The number of esters is 2. The first-order valence-corrected chi connectivity index (χ1v) is 12.2. The largest absolute Gasteiger partial charge is 0.455 e. The van der Waals surface area contributed by atoms with Gasteiger partial charge in [-0.3, -0.25) is 0 Å². The summed E-state index contributed by atoms with van der Waals surface area (Å²) in [4.78, 5) is 26.0. The second kappa shape index (κ2) is 9.53. The molecule has 6 unspecified atom stereocenters. The van der Waals surface area contributed by atoms with Crippen LogP contribution in [0, 0.1) is 23.7 Å². The number of fused-ring (bicyclic) bond motifs is 5. The second-order valence-electron chi connectivity index (χ2n) is 9.75. The van der Waals surface area contributed by atoms with Gasteiger partial charge in [-0.05, 0) is 67.0 Å². The zero-order chi connectivity index (χ0) is 24.5. The van der Waals surface area contributed by atoms with E-state index in [0.717, 1.165) is 18.4 Å². The summed E-state index contributed by atoms with van der Waals surface area (Å²) in [5.74, 6) is 0.219. The molecule has 35 heavy (non-hydrogen) atoms.